The first-order chi connectivity index (χ1) is 14.8. The second kappa shape index (κ2) is 9.43. The lowest BCUT2D eigenvalue weighted by Gasteiger charge is -2.17. The number of nitrogens with one attached hydrogen (secondary N) is 1. The highest BCUT2D eigenvalue weighted by molar-refractivity contribution is 6.42. The van der Waals surface area contributed by atoms with Crippen molar-refractivity contribution in [1.82, 2.24) is 4.57 Å². The highest BCUT2D eigenvalue weighted by Crippen LogP contribution is 2.28. The summed E-state index contributed by atoms with van der Waals surface area (Å²) in [6, 6.07) is 15.1. The van der Waals surface area contributed by atoms with Crippen LogP contribution in [0.4, 0.5) is 5.69 Å². The van der Waals surface area contributed by atoms with Crippen molar-refractivity contribution in [2.24, 2.45) is 0 Å². The summed E-state index contributed by atoms with van der Waals surface area (Å²) in [5.74, 6) is -0.504. The molecule has 0 radical (unpaired) electrons. The van der Waals surface area contributed by atoms with E-state index in [1.807, 2.05) is 26.0 Å². The van der Waals surface area contributed by atoms with Crippen molar-refractivity contribution in [3.05, 3.63) is 86.2 Å². The first-order valence-electron chi connectivity index (χ1n) is 9.92. The van der Waals surface area contributed by atoms with Gasteiger partial charge < -0.3 is 9.88 Å². The monoisotopic (exact) mass is 451 g/mol. The SMILES string of the molecule is CCc1cccc(C)c1-n1c(C)cc(/C=C(/C#N)C(=O)Nc2ccc(Cl)c(Cl)c2)c1C. The molecule has 0 unspecified atom stereocenters. The third-order valence-electron chi connectivity index (χ3n) is 5.24. The molecule has 0 spiro atoms. The zero-order valence-electron chi connectivity index (χ0n) is 17.9. The second-order valence-corrected chi connectivity index (χ2v) is 8.17. The Kier molecular flexibility index (Phi) is 6.90. The smallest absolute Gasteiger partial charge is 0.266 e. The molecule has 0 saturated carbocycles. The zero-order chi connectivity index (χ0) is 22.7. The van der Waals surface area contributed by atoms with Crippen LogP contribution in [0, 0.1) is 32.1 Å². The van der Waals surface area contributed by atoms with E-state index in [0.717, 1.165) is 29.1 Å². The molecule has 2 aromatic carbocycles. The molecule has 1 N–H and O–H groups in total. The Labute approximate surface area is 192 Å². The summed E-state index contributed by atoms with van der Waals surface area (Å²) in [5, 5.41) is 13.0. The molecular weight excluding hydrogens is 429 g/mol. The average molecular weight is 452 g/mol. The number of anilines is 1. The Morgan fingerprint density at radius 3 is 2.52 bits per heavy atom. The molecule has 158 valence electrons. The first-order valence-corrected chi connectivity index (χ1v) is 10.7. The van der Waals surface area contributed by atoms with E-state index in [0.29, 0.717) is 15.7 Å². The highest BCUT2D eigenvalue weighted by Gasteiger charge is 2.16. The Balaban J connectivity index is 1.99. The molecule has 0 bridgehead atoms. The minimum Gasteiger partial charge on any atom is -0.321 e. The molecule has 4 nitrogen and oxygen atoms in total. The first kappa shape index (κ1) is 22.7. The number of aromatic nitrogens is 1. The van der Waals surface area contributed by atoms with Gasteiger partial charge in [0.2, 0.25) is 0 Å². The van der Waals surface area contributed by atoms with Crippen LogP contribution in [0.5, 0.6) is 0 Å². The number of nitriles is 1. The molecule has 0 aliphatic carbocycles. The number of rotatable bonds is 5. The molecule has 6 heteroatoms. The van der Waals surface area contributed by atoms with Crippen LogP contribution in [0.2, 0.25) is 10.0 Å². The van der Waals surface area contributed by atoms with E-state index in [9.17, 15) is 10.1 Å². The lowest BCUT2D eigenvalue weighted by atomic mass is 10.1. The topological polar surface area (TPSA) is 57.8 Å². The summed E-state index contributed by atoms with van der Waals surface area (Å²) < 4.78 is 2.19. The molecule has 3 rings (SSSR count). The van der Waals surface area contributed by atoms with E-state index in [1.54, 1.807) is 24.3 Å². The summed E-state index contributed by atoms with van der Waals surface area (Å²) in [7, 11) is 0. The van der Waals surface area contributed by atoms with Crippen molar-refractivity contribution >= 4 is 40.9 Å². The number of nitrogens with zero attached hydrogens (tertiary/aromatic N) is 2. The molecule has 31 heavy (non-hydrogen) atoms. The molecule has 1 aromatic heterocycles. The molecule has 0 atom stereocenters. The fourth-order valence-corrected chi connectivity index (χ4v) is 3.98. The van der Waals surface area contributed by atoms with E-state index in [2.05, 4.69) is 41.9 Å². The van der Waals surface area contributed by atoms with Crippen LogP contribution < -0.4 is 5.32 Å². The fraction of sp³-hybridized carbons (Fsp3) is 0.200. The van der Waals surface area contributed by atoms with Crippen LogP contribution in [-0.4, -0.2) is 10.5 Å². The maximum Gasteiger partial charge on any atom is 0.266 e. The number of para-hydroxylation sites is 1. The minimum absolute atomic E-state index is 0.00632. The Bertz CT molecular complexity index is 1230. The van der Waals surface area contributed by atoms with Crippen molar-refractivity contribution < 1.29 is 4.79 Å². The van der Waals surface area contributed by atoms with E-state index in [4.69, 9.17) is 23.2 Å². The number of hydrogen-bond acceptors (Lipinski definition) is 2. The van der Waals surface area contributed by atoms with Gasteiger partial charge in [0.15, 0.2) is 0 Å². The highest BCUT2D eigenvalue weighted by atomic mass is 35.5. The number of amides is 1. The molecule has 1 heterocycles. The minimum atomic E-state index is -0.504. The third kappa shape index (κ3) is 4.69. The van der Waals surface area contributed by atoms with Gasteiger partial charge in [-0.1, -0.05) is 48.3 Å². The predicted molar refractivity (Wildman–Crippen MR) is 128 cm³/mol. The van der Waals surface area contributed by atoms with Crippen molar-refractivity contribution in [3.8, 4) is 11.8 Å². The summed E-state index contributed by atoms with van der Waals surface area (Å²) in [5.41, 5.74) is 6.88. The molecule has 0 fully saturated rings. The largest absolute Gasteiger partial charge is 0.321 e. The van der Waals surface area contributed by atoms with Crippen LogP contribution >= 0.6 is 23.2 Å². The van der Waals surface area contributed by atoms with Crippen LogP contribution in [-0.2, 0) is 11.2 Å². The molecule has 1 amide bonds. The maximum atomic E-state index is 12.7. The summed E-state index contributed by atoms with van der Waals surface area (Å²) in [6.07, 6.45) is 2.53. The predicted octanol–water partition coefficient (Wildman–Crippen LogP) is 6.82. The van der Waals surface area contributed by atoms with E-state index < -0.39 is 5.91 Å². The Hall–Kier alpha value is -3.00. The van der Waals surface area contributed by atoms with Gasteiger partial charge in [-0.3, -0.25) is 4.79 Å². The lowest BCUT2D eigenvalue weighted by molar-refractivity contribution is -0.112. The van der Waals surface area contributed by atoms with E-state index in [1.165, 1.54) is 11.1 Å². The second-order valence-electron chi connectivity index (χ2n) is 7.35. The van der Waals surface area contributed by atoms with Crippen LogP contribution in [0.15, 0.2) is 48.0 Å². The molecule has 0 aliphatic heterocycles. The number of aryl methyl sites for hydroxylation is 3. The van der Waals surface area contributed by atoms with Gasteiger partial charge in [-0.15, -0.1) is 0 Å². The number of benzene rings is 2. The maximum absolute atomic E-state index is 12.7. The van der Waals surface area contributed by atoms with E-state index in [-0.39, 0.29) is 5.57 Å². The molecular formula is C25H23Cl2N3O. The van der Waals surface area contributed by atoms with E-state index >= 15 is 0 Å². The number of halogens is 2. The van der Waals surface area contributed by atoms with Gasteiger partial charge in [-0.25, -0.2) is 0 Å². The van der Waals surface area contributed by atoms with Crippen molar-refractivity contribution in [2.45, 2.75) is 34.1 Å². The normalized spacial score (nSPS) is 11.3. The van der Waals surface area contributed by atoms with Crippen LogP contribution in [0.3, 0.4) is 0 Å². The van der Waals surface area contributed by atoms with Gasteiger partial charge in [-0.05, 0) is 74.2 Å². The zero-order valence-corrected chi connectivity index (χ0v) is 19.4. The standard InChI is InChI=1S/C25H23Cl2N3O/c1-5-18-8-6-7-15(2)24(18)30-16(3)11-19(17(30)4)12-20(14-28)25(31)29-21-9-10-22(26)23(27)13-21/h6-13H,5H2,1-4H3,(H,29,31)/b20-12-. The average Bonchev–Trinajstić information content (AvgIpc) is 3.01. The number of hydrogen-bond donors (Lipinski definition) is 1. The Morgan fingerprint density at radius 1 is 1.13 bits per heavy atom. The fourth-order valence-electron chi connectivity index (χ4n) is 3.68. The number of carbonyl (C=O) groups is 1. The van der Waals surface area contributed by atoms with Crippen molar-refractivity contribution in [3.63, 3.8) is 0 Å². The summed E-state index contributed by atoms with van der Waals surface area (Å²) >= 11 is 11.9. The third-order valence-corrected chi connectivity index (χ3v) is 5.98. The molecule has 0 aliphatic rings. The van der Waals surface area contributed by atoms with Gasteiger partial charge in [0.25, 0.3) is 5.91 Å². The van der Waals surface area contributed by atoms with Crippen LogP contribution in [0.1, 0.15) is 35.0 Å². The lowest BCUT2D eigenvalue weighted by Crippen LogP contribution is -2.13. The molecule has 0 saturated heterocycles. The summed E-state index contributed by atoms with van der Waals surface area (Å²) in [6.45, 7) is 8.25. The molecule has 3 aromatic rings. The van der Waals surface area contributed by atoms with Crippen LogP contribution in [0.25, 0.3) is 11.8 Å². The van der Waals surface area contributed by atoms with Crippen molar-refractivity contribution in [1.29, 1.82) is 5.26 Å². The Morgan fingerprint density at radius 2 is 1.87 bits per heavy atom. The van der Waals surface area contributed by atoms with Crippen molar-refractivity contribution in [2.75, 3.05) is 5.32 Å². The summed E-state index contributed by atoms with van der Waals surface area (Å²) in [4.78, 5) is 12.7. The number of carbonyl (C=O) groups excluding carboxylic acids is 1. The quantitative estimate of drug-likeness (QED) is 0.341. The van der Waals surface area contributed by atoms with Gasteiger partial charge in [0.1, 0.15) is 11.6 Å². The van der Waals surface area contributed by atoms with Gasteiger partial charge in [0.05, 0.1) is 15.7 Å². The van der Waals surface area contributed by atoms with Gasteiger partial charge >= 0.3 is 0 Å². The van der Waals surface area contributed by atoms with Gasteiger partial charge in [-0.2, -0.15) is 5.26 Å². The van der Waals surface area contributed by atoms with Gasteiger partial charge in [0, 0.05) is 17.1 Å².